The van der Waals surface area contributed by atoms with Gasteiger partial charge in [0.15, 0.2) is 17.3 Å². The van der Waals surface area contributed by atoms with Gasteiger partial charge in [0.05, 0.1) is 29.4 Å². The second kappa shape index (κ2) is 12.3. The van der Waals surface area contributed by atoms with E-state index in [4.69, 9.17) is 4.74 Å². The maximum absolute atomic E-state index is 14.0. The molecule has 1 atom stereocenters. The van der Waals surface area contributed by atoms with Crippen molar-refractivity contribution in [2.24, 2.45) is 0 Å². The van der Waals surface area contributed by atoms with E-state index in [1.54, 1.807) is 11.1 Å². The summed E-state index contributed by atoms with van der Waals surface area (Å²) >= 11 is 0. The predicted molar refractivity (Wildman–Crippen MR) is 170 cm³/mol. The minimum atomic E-state index is -4.41. The van der Waals surface area contributed by atoms with Gasteiger partial charge in [0.25, 0.3) is 0 Å². The number of allylic oxidation sites excluding steroid dienone is 4. The van der Waals surface area contributed by atoms with Gasteiger partial charge < -0.3 is 30.1 Å². The first kappa shape index (κ1) is 34.2. The molecular weight excluding hydrogens is 661 g/mol. The lowest BCUT2D eigenvalue weighted by Crippen LogP contribution is -2.49. The highest BCUT2D eigenvalue weighted by molar-refractivity contribution is 6.31. The number of ether oxygens (including phenoxy) is 1. The lowest BCUT2D eigenvalue weighted by atomic mass is 9.70. The second-order valence-electron chi connectivity index (χ2n) is 12.6. The molecule has 1 saturated heterocycles. The molecule has 1 amide bonds. The van der Waals surface area contributed by atoms with Gasteiger partial charge in [0.1, 0.15) is 46.2 Å². The third kappa shape index (κ3) is 5.73. The summed E-state index contributed by atoms with van der Waals surface area (Å²) in [7, 11) is 0. The Kier molecular flexibility index (Phi) is 8.44. The molecule has 0 bridgehead atoms. The molecule has 6 rings (SSSR count). The van der Waals surface area contributed by atoms with Gasteiger partial charge in [-0.15, -0.1) is 5.10 Å². The predicted octanol–water partition coefficient (Wildman–Crippen LogP) is 3.32. The average molecular weight is 695 g/mol. The summed E-state index contributed by atoms with van der Waals surface area (Å²) in [6.45, 7) is 7.20. The van der Waals surface area contributed by atoms with Crippen molar-refractivity contribution in [2.45, 2.75) is 52.4 Å². The molecule has 2 aliphatic heterocycles. The first-order valence-electron chi connectivity index (χ1n) is 15.6. The molecule has 1 aliphatic carbocycles. The van der Waals surface area contributed by atoms with Crippen LogP contribution in [-0.2, 0) is 39.1 Å². The molecule has 1 fully saturated rings. The quantitative estimate of drug-likeness (QED) is 0.189. The molecule has 3 aromatic rings. The van der Waals surface area contributed by atoms with Crippen LogP contribution in [0.1, 0.15) is 53.5 Å². The molecule has 3 aliphatic rings. The van der Waals surface area contributed by atoms with Gasteiger partial charge in [0.2, 0.25) is 5.91 Å². The third-order valence-corrected chi connectivity index (χ3v) is 9.37. The number of aromatic nitrogens is 3. The normalized spacial score (nSPS) is 19.9. The molecule has 0 spiro atoms. The van der Waals surface area contributed by atoms with E-state index in [1.807, 2.05) is 4.90 Å². The zero-order valence-electron chi connectivity index (χ0n) is 27.5. The van der Waals surface area contributed by atoms with E-state index in [9.17, 15) is 42.6 Å². The SMILES string of the molecule is CC(=O)c1c(O)c(C)c(O)c2c1OC1=CC(=O)/C(=C(/C)NCc3cn(CC(=O)N4CCN(c5ccc(C(F)(F)F)cc5)CC4)nn3)C(=O)C12C. The fraction of sp³-hybridized carbons (Fsp3) is 0.353. The smallest absolute Gasteiger partial charge is 0.416 e. The Labute approximate surface area is 283 Å². The number of rotatable bonds is 7. The summed E-state index contributed by atoms with van der Waals surface area (Å²) in [5.41, 5.74) is -1.53. The number of nitrogens with zero attached hydrogens (tertiary/aromatic N) is 5. The molecule has 0 radical (unpaired) electrons. The Morgan fingerprint density at radius 2 is 1.70 bits per heavy atom. The topological polar surface area (TPSA) is 167 Å². The molecule has 3 heterocycles. The van der Waals surface area contributed by atoms with Gasteiger partial charge in [-0.1, -0.05) is 5.21 Å². The number of ketones is 3. The molecule has 1 aromatic heterocycles. The summed E-state index contributed by atoms with van der Waals surface area (Å²) in [5.74, 6) is -3.24. The van der Waals surface area contributed by atoms with Crippen LogP contribution in [0.3, 0.4) is 0 Å². The Bertz CT molecular complexity index is 2010. The number of nitrogens with one attached hydrogen (secondary N) is 1. The first-order chi connectivity index (χ1) is 23.5. The Morgan fingerprint density at radius 1 is 1.04 bits per heavy atom. The molecular formula is C34H33F3N6O7. The molecule has 2 aromatic carbocycles. The van der Waals surface area contributed by atoms with Crippen molar-refractivity contribution in [3.05, 3.63) is 81.5 Å². The van der Waals surface area contributed by atoms with Crippen LogP contribution < -0.4 is 15.0 Å². The number of carbonyl (C=O) groups is 4. The van der Waals surface area contributed by atoms with Gasteiger partial charge in [0, 0.05) is 49.2 Å². The number of alkyl halides is 3. The van der Waals surface area contributed by atoms with Crippen LogP contribution in [0.25, 0.3) is 0 Å². The summed E-state index contributed by atoms with van der Waals surface area (Å²) in [4.78, 5) is 56.1. The van der Waals surface area contributed by atoms with Gasteiger partial charge >= 0.3 is 6.18 Å². The fourth-order valence-electron chi connectivity index (χ4n) is 6.48. The minimum absolute atomic E-state index is 0.00733. The monoisotopic (exact) mass is 694 g/mol. The first-order valence-corrected chi connectivity index (χ1v) is 15.6. The number of Topliss-reactive ketones (excluding diaryl/α,β-unsaturated/α-hetero) is 2. The van der Waals surface area contributed by atoms with Crippen LogP contribution in [0, 0.1) is 6.92 Å². The molecule has 0 saturated carbocycles. The lowest BCUT2D eigenvalue weighted by molar-refractivity contribution is -0.137. The number of fused-ring (bicyclic) bond motifs is 3. The number of hydrogen-bond acceptors (Lipinski definition) is 11. The number of anilines is 1. The summed E-state index contributed by atoms with van der Waals surface area (Å²) in [5, 5.41) is 32.6. The second-order valence-corrected chi connectivity index (χ2v) is 12.6. The number of phenols is 2. The van der Waals surface area contributed by atoms with E-state index in [1.165, 1.54) is 44.5 Å². The van der Waals surface area contributed by atoms with Crippen molar-refractivity contribution in [1.82, 2.24) is 25.2 Å². The number of phenolic OH excluding ortho intramolecular Hbond substituents is 2. The van der Waals surface area contributed by atoms with Crippen molar-refractivity contribution < 1.29 is 47.3 Å². The van der Waals surface area contributed by atoms with E-state index in [0.717, 1.165) is 18.2 Å². The zero-order chi connectivity index (χ0) is 36.3. The van der Waals surface area contributed by atoms with Crippen LogP contribution in [0.5, 0.6) is 17.2 Å². The zero-order valence-corrected chi connectivity index (χ0v) is 27.5. The molecule has 1 unspecified atom stereocenters. The summed E-state index contributed by atoms with van der Waals surface area (Å²) < 4.78 is 45.8. The van der Waals surface area contributed by atoms with Crippen molar-refractivity contribution >= 4 is 28.9 Å². The number of amides is 1. The van der Waals surface area contributed by atoms with Crippen LogP contribution in [-0.4, -0.2) is 79.5 Å². The number of piperazine rings is 1. The Hall–Kier alpha value is -5.67. The van der Waals surface area contributed by atoms with E-state index in [0.29, 0.717) is 37.6 Å². The average Bonchev–Trinajstić information content (AvgIpc) is 3.64. The summed E-state index contributed by atoms with van der Waals surface area (Å²) in [6.07, 6.45) is -1.74. The number of aromatic hydroxyl groups is 2. The van der Waals surface area contributed by atoms with Crippen molar-refractivity contribution in [2.75, 3.05) is 31.1 Å². The number of benzene rings is 2. The van der Waals surface area contributed by atoms with Crippen LogP contribution in [0.4, 0.5) is 18.9 Å². The van der Waals surface area contributed by atoms with E-state index in [-0.39, 0.29) is 58.5 Å². The van der Waals surface area contributed by atoms with Crippen LogP contribution in [0.15, 0.2) is 53.6 Å². The van der Waals surface area contributed by atoms with E-state index < -0.39 is 46.0 Å². The minimum Gasteiger partial charge on any atom is -0.507 e. The maximum Gasteiger partial charge on any atom is 0.416 e. The van der Waals surface area contributed by atoms with Crippen molar-refractivity contribution in [3.8, 4) is 17.2 Å². The number of halogens is 3. The largest absolute Gasteiger partial charge is 0.507 e. The van der Waals surface area contributed by atoms with E-state index >= 15 is 0 Å². The van der Waals surface area contributed by atoms with Crippen molar-refractivity contribution in [3.63, 3.8) is 0 Å². The maximum atomic E-state index is 14.0. The highest BCUT2D eigenvalue weighted by atomic mass is 19.4. The third-order valence-electron chi connectivity index (χ3n) is 9.37. The van der Waals surface area contributed by atoms with Crippen LogP contribution >= 0.6 is 0 Å². The van der Waals surface area contributed by atoms with Gasteiger partial charge in [-0.25, -0.2) is 4.68 Å². The Morgan fingerprint density at radius 3 is 2.32 bits per heavy atom. The molecule has 262 valence electrons. The lowest BCUT2D eigenvalue weighted by Gasteiger charge is -2.36. The standard InChI is InChI=1S/C34H33F3N6O7/c1-17-29(47)27(19(3)44)31-28(30(17)48)33(4)24(50-31)13-23(45)26(32(33)49)18(2)38-14-21-15-43(40-39-21)16-25(46)42-11-9-41(10-12-42)22-7-5-20(6-8-22)34(35,36)37/h5-8,13,15,38,47-48H,9-12,14,16H2,1-4H3/b26-18+. The summed E-state index contributed by atoms with van der Waals surface area (Å²) in [6, 6.07) is 4.91. The number of carbonyl (C=O) groups excluding carboxylic acids is 4. The van der Waals surface area contributed by atoms with Gasteiger partial charge in [-0.2, -0.15) is 13.2 Å². The highest BCUT2D eigenvalue weighted by Gasteiger charge is 2.56. The van der Waals surface area contributed by atoms with Crippen molar-refractivity contribution in [1.29, 1.82) is 0 Å². The van der Waals surface area contributed by atoms with Gasteiger partial charge in [-0.3, -0.25) is 19.2 Å². The fourth-order valence-corrected chi connectivity index (χ4v) is 6.48. The molecule has 50 heavy (non-hydrogen) atoms. The molecule has 13 nitrogen and oxygen atoms in total. The van der Waals surface area contributed by atoms with Crippen LogP contribution in [0.2, 0.25) is 0 Å². The Balaban J connectivity index is 1.10. The molecule has 16 heteroatoms. The van der Waals surface area contributed by atoms with E-state index in [2.05, 4.69) is 15.6 Å². The molecule has 3 N–H and O–H groups in total. The van der Waals surface area contributed by atoms with Gasteiger partial charge in [-0.05, 0) is 52.0 Å². The highest BCUT2D eigenvalue weighted by Crippen LogP contribution is 2.57. The number of hydrogen-bond donors (Lipinski definition) is 3.